The first-order valence-corrected chi connectivity index (χ1v) is 10.8. The maximum Gasteiger partial charge on any atom is 0.323 e. The lowest BCUT2D eigenvalue weighted by molar-refractivity contribution is -0.122. The van der Waals surface area contributed by atoms with E-state index in [-0.39, 0.29) is 18.5 Å². The van der Waals surface area contributed by atoms with Crippen molar-refractivity contribution in [3.63, 3.8) is 0 Å². The molecule has 3 N–H and O–H groups in total. The molecule has 9 heteroatoms. The zero-order chi connectivity index (χ0) is 24.0. The van der Waals surface area contributed by atoms with Gasteiger partial charge in [-0.1, -0.05) is 11.8 Å². The number of carbonyl (C=O) groups is 2. The van der Waals surface area contributed by atoms with Crippen LogP contribution in [0.2, 0.25) is 0 Å². The summed E-state index contributed by atoms with van der Waals surface area (Å²) in [4.78, 5) is 24.9. The molecule has 1 atom stereocenters. The van der Waals surface area contributed by atoms with Crippen molar-refractivity contribution in [1.29, 1.82) is 0 Å². The highest BCUT2D eigenvalue weighted by molar-refractivity contribution is 6.09. The summed E-state index contributed by atoms with van der Waals surface area (Å²) < 4.78 is 8.61. The average Bonchev–Trinajstić information content (AvgIpc) is 3.46. The predicted octanol–water partition coefficient (Wildman–Crippen LogP) is 2.92. The number of carbonyl (C=O) groups excluding carboxylic acids is 2. The van der Waals surface area contributed by atoms with E-state index in [4.69, 9.17) is 4.74 Å². The van der Waals surface area contributed by atoms with Crippen LogP contribution in [0, 0.1) is 11.8 Å². The number of benzene rings is 2. The summed E-state index contributed by atoms with van der Waals surface area (Å²) in [5.41, 5.74) is -0.0267. The zero-order valence-corrected chi connectivity index (χ0v) is 18.9. The molecule has 1 aliphatic rings. The summed E-state index contributed by atoms with van der Waals surface area (Å²) in [7, 11) is 1.55. The maximum absolute atomic E-state index is 12.8. The van der Waals surface area contributed by atoms with Gasteiger partial charge in [0.15, 0.2) is 5.88 Å². The fraction of sp³-hybridized carbons (Fsp3) is 0.240. The summed E-state index contributed by atoms with van der Waals surface area (Å²) in [6.45, 7) is 4.02. The van der Waals surface area contributed by atoms with Gasteiger partial charge in [0.05, 0.1) is 19.2 Å². The molecule has 3 heterocycles. The number of methoxy groups -OCH3 is 1. The summed E-state index contributed by atoms with van der Waals surface area (Å²) in [5, 5.41) is 22.5. The minimum atomic E-state index is -1.55. The van der Waals surface area contributed by atoms with E-state index < -0.39 is 17.5 Å². The lowest BCUT2D eigenvalue weighted by Crippen LogP contribution is -2.49. The molecule has 2 aromatic heterocycles. The molecule has 1 fully saturated rings. The molecular formula is C25H23N5O4. The molecule has 0 unspecified atom stereocenters. The van der Waals surface area contributed by atoms with E-state index in [0.29, 0.717) is 16.7 Å². The fourth-order valence-corrected chi connectivity index (χ4v) is 4.02. The van der Waals surface area contributed by atoms with Crippen LogP contribution < -0.4 is 15.4 Å². The molecule has 4 aromatic rings. The fourth-order valence-electron chi connectivity index (χ4n) is 4.02. The number of imide groups is 1. The Morgan fingerprint density at radius 2 is 1.97 bits per heavy atom. The lowest BCUT2D eigenvalue weighted by atomic mass is 9.99. The van der Waals surface area contributed by atoms with Crippen molar-refractivity contribution in [3.8, 4) is 23.5 Å². The average molecular weight is 457 g/mol. The molecule has 0 bridgehead atoms. The quantitative estimate of drug-likeness (QED) is 0.322. The summed E-state index contributed by atoms with van der Waals surface area (Å²) in [5.74, 6) is 5.94. The monoisotopic (exact) mass is 457 g/mol. The van der Waals surface area contributed by atoms with Gasteiger partial charge in [0, 0.05) is 40.2 Å². The second kappa shape index (κ2) is 7.85. The van der Waals surface area contributed by atoms with Crippen molar-refractivity contribution in [3.05, 3.63) is 54.4 Å². The maximum atomic E-state index is 12.8. The molecule has 1 aliphatic heterocycles. The van der Waals surface area contributed by atoms with Gasteiger partial charge in [-0.15, -0.1) is 0 Å². The summed E-state index contributed by atoms with van der Waals surface area (Å²) in [6.07, 6.45) is 3.65. The molecule has 172 valence electrons. The number of amides is 3. The Bertz CT molecular complexity index is 1520. The normalized spacial score (nSPS) is 17.6. The Morgan fingerprint density at radius 1 is 1.15 bits per heavy atom. The lowest BCUT2D eigenvalue weighted by Gasteiger charge is -2.20. The van der Waals surface area contributed by atoms with Crippen LogP contribution in [-0.4, -0.2) is 44.0 Å². The molecule has 0 saturated carbocycles. The SMILES string of the molecule is COc1ccc2cn(C[C@@]3(C#Cc4ccc5nn(C(C)C)cc5c4)NC(=O)NC3=O)c(O)c2c1. The van der Waals surface area contributed by atoms with Crippen molar-refractivity contribution in [2.24, 2.45) is 0 Å². The van der Waals surface area contributed by atoms with Gasteiger partial charge < -0.3 is 19.7 Å². The Morgan fingerprint density at radius 3 is 2.68 bits per heavy atom. The Labute approximate surface area is 195 Å². The summed E-state index contributed by atoms with van der Waals surface area (Å²) in [6, 6.07) is 10.5. The molecular weight excluding hydrogens is 434 g/mol. The topological polar surface area (TPSA) is 110 Å². The van der Waals surface area contributed by atoms with Crippen LogP contribution in [0.25, 0.3) is 21.7 Å². The summed E-state index contributed by atoms with van der Waals surface area (Å²) >= 11 is 0. The molecule has 34 heavy (non-hydrogen) atoms. The van der Waals surface area contributed by atoms with Gasteiger partial charge in [-0.05, 0) is 50.2 Å². The Balaban J connectivity index is 1.53. The highest BCUT2D eigenvalue weighted by Gasteiger charge is 2.46. The molecule has 0 spiro atoms. The number of nitrogens with one attached hydrogen (secondary N) is 2. The second-order valence-electron chi connectivity index (χ2n) is 8.57. The van der Waals surface area contributed by atoms with E-state index in [1.54, 1.807) is 25.4 Å². The van der Waals surface area contributed by atoms with E-state index in [1.165, 1.54) is 4.57 Å². The third-order valence-corrected chi connectivity index (χ3v) is 5.89. The number of nitrogens with zero attached hydrogens (tertiary/aromatic N) is 3. The number of ether oxygens (including phenoxy) is 1. The Hall–Kier alpha value is -4.45. The van der Waals surface area contributed by atoms with Crippen molar-refractivity contribution in [2.75, 3.05) is 7.11 Å². The van der Waals surface area contributed by atoms with E-state index in [1.807, 2.05) is 49.0 Å². The van der Waals surface area contributed by atoms with Crippen molar-refractivity contribution < 1.29 is 19.4 Å². The van der Waals surface area contributed by atoms with Gasteiger partial charge in [0.25, 0.3) is 5.91 Å². The zero-order valence-electron chi connectivity index (χ0n) is 18.9. The third kappa shape index (κ3) is 3.59. The van der Waals surface area contributed by atoms with Gasteiger partial charge in [0.1, 0.15) is 5.75 Å². The van der Waals surface area contributed by atoms with Crippen LogP contribution in [0.4, 0.5) is 4.79 Å². The molecule has 0 radical (unpaired) electrons. The van der Waals surface area contributed by atoms with Crippen LogP contribution in [0.3, 0.4) is 0 Å². The predicted molar refractivity (Wildman–Crippen MR) is 127 cm³/mol. The van der Waals surface area contributed by atoms with Crippen LogP contribution >= 0.6 is 0 Å². The number of fused-ring (bicyclic) bond motifs is 2. The number of aromatic hydroxyl groups is 1. The highest BCUT2D eigenvalue weighted by Crippen LogP contribution is 2.32. The van der Waals surface area contributed by atoms with Crippen LogP contribution in [0.15, 0.2) is 48.8 Å². The van der Waals surface area contributed by atoms with Gasteiger partial charge in [-0.3, -0.25) is 14.8 Å². The Kier molecular flexibility index (Phi) is 4.94. The number of aromatic nitrogens is 3. The van der Waals surface area contributed by atoms with Crippen LogP contribution in [-0.2, 0) is 11.3 Å². The first-order chi connectivity index (χ1) is 16.3. The molecule has 2 aromatic carbocycles. The number of rotatable bonds is 4. The van der Waals surface area contributed by atoms with Crippen LogP contribution in [0.5, 0.6) is 11.6 Å². The van der Waals surface area contributed by atoms with E-state index in [2.05, 4.69) is 27.6 Å². The van der Waals surface area contributed by atoms with Gasteiger partial charge >= 0.3 is 6.03 Å². The largest absolute Gasteiger partial charge is 0.497 e. The van der Waals surface area contributed by atoms with Gasteiger partial charge in [0.2, 0.25) is 5.54 Å². The number of hydrogen-bond donors (Lipinski definition) is 3. The number of urea groups is 1. The smallest absolute Gasteiger partial charge is 0.323 e. The minimum absolute atomic E-state index is 0.0495. The van der Waals surface area contributed by atoms with E-state index in [9.17, 15) is 14.7 Å². The van der Waals surface area contributed by atoms with Crippen molar-refractivity contribution in [2.45, 2.75) is 32.0 Å². The standard InChI is InChI=1S/C25H23N5O4/c1-15(2)30-13-18-10-16(4-7-21(18)28-30)8-9-25(23(32)26-24(33)27-25)14-29-12-17-5-6-19(34-3)11-20(17)22(29)31/h4-7,10-13,15,31H,14H2,1-3H3,(H2,26,27,32,33)/t25-/m1/s1. The first-order valence-electron chi connectivity index (χ1n) is 10.8. The van der Waals surface area contributed by atoms with E-state index >= 15 is 0 Å². The second-order valence-corrected chi connectivity index (χ2v) is 8.57. The number of hydrogen-bond acceptors (Lipinski definition) is 5. The molecule has 9 nitrogen and oxygen atoms in total. The first kappa shape index (κ1) is 21.4. The van der Waals surface area contributed by atoms with E-state index in [0.717, 1.165) is 16.3 Å². The van der Waals surface area contributed by atoms with Crippen molar-refractivity contribution >= 4 is 33.6 Å². The van der Waals surface area contributed by atoms with Gasteiger partial charge in [-0.25, -0.2) is 4.79 Å². The van der Waals surface area contributed by atoms with Crippen LogP contribution in [0.1, 0.15) is 25.5 Å². The van der Waals surface area contributed by atoms with Gasteiger partial charge in [-0.2, -0.15) is 5.10 Å². The highest BCUT2D eigenvalue weighted by atomic mass is 16.5. The molecule has 1 saturated heterocycles. The minimum Gasteiger partial charge on any atom is -0.497 e. The molecule has 0 aliphatic carbocycles. The third-order valence-electron chi connectivity index (χ3n) is 5.89. The van der Waals surface area contributed by atoms with Crippen molar-refractivity contribution in [1.82, 2.24) is 25.0 Å². The molecule has 3 amide bonds. The molecule has 5 rings (SSSR count).